The van der Waals surface area contributed by atoms with Crippen LogP contribution in [0.25, 0.3) is 0 Å². The summed E-state index contributed by atoms with van der Waals surface area (Å²) in [5, 5.41) is 0. The van der Waals surface area contributed by atoms with Crippen LogP contribution in [-0.4, -0.2) is 30.0 Å². The molecule has 2 aromatic carbocycles. The normalized spacial score (nSPS) is 16.4. The molecule has 1 amide bonds. The Kier molecular flexibility index (Phi) is 5.52. The second-order valence-electron chi connectivity index (χ2n) is 6.61. The maximum absolute atomic E-state index is 13.7. The fraction of sp³-hybridized carbons (Fsp3) is 0.350. The lowest BCUT2D eigenvalue weighted by Gasteiger charge is -2.33. The van der Waals surface area contributed by atoms with Gasteiger partial charge in [0.25, 0.3) is 0 Å². The molecule has 0 bridgehead atoms. The zero-order chi connectivity index (χ0) is 18.7. The van der Waals surface area contributed by atoms with Gasteiger partial charge in [0, 0.05) is 32.0 Å². The van der Waals surface area contributed by atoms with Crippen LogP contribution in [-0.2, 0) is 4.79 Å². The van der Waals surface area contributed by atoms with Gasteiger partial charge in [-0.15, -0.1) is 0 Å². The molecule has 0 spiro atoms. The first-order chi connectivity index (χ1) is 12.4. The molecule has 1 unspecified atom stereocenters. The Hall–Kier alpha value is -2.47. The van der Waals surface area contributed by atoms with Gasteiger partial charge in [-0.05, 0) is 24.6 Å². The number of ether oxygens (including phenoxy) is 1. The number of nitrogens with zero attached hydrogens (tertiary/aromatic N) is 1. The van der Waals surface area contributed by atoms with Gasteiger partial charge in [0.05, 0.1) is 0 Å². The molecule has 3 rings (SSSR count). The third-order valence-corrected chi connectivity index (χ3v) is 4.64. The average Bonchev–Trinajstić information content (AvgIpc) is 2.64. The zero-order valence-corrected chi connectivity index (χ0v) is 14.6. The Morgan fingerprint density at radius 2 is 1.81 bits per heavy atom. The molecule has 1 aliphatic rings. The predicted octanol–water partition coefficient (Wildman–Crippen LogP) is 3.34. The van der Waals surface area contributed by atoms with Crippen LogP contribution in [0.5, 0.6) is 5.75 Å². The van der Waals surface area contributed by atoms with Crippen molar-refractivity contribution < 1.29 is 18.3 Å². The number of amides is 1. The van der Waals surface area contributed by atoms with Gasteiger partial charge < -0.3 is 15.4 Å². The minimum atomic E-state index is -0.718. The highest BCUT2D eigenvalue weighted by Crippen LogP contribution is 2.24. The summed E-state index contributed by atoms with van der Waals surface area (Å²) in [6, 6.07) is 10.2. The largest absolute Gasteiger partial charge is 0.487 e. The highest BCUT2D eigenvalue weighted by atomic mass is 19.1. The van der Waals surface area contributed by atoms with E-state index in [1.54, 1.807) is 4.90 Å². The first-order valence-electron chi connectivity index (χ1n) is 8.66. The summed E-state index contributed by atoms with van der Waals surface area (Å²) in [7, 11) is 0. The first kappa shape index (κ1) is 18.3. The fourth-order valence-electron chi connectivity index (χ4n) is 3.06. The summed E-state index contributed by atoms with van der Waals surface area (Å²) in [4.78, 5) is 14.3. The minimum Gasteiger partial charge on any atom is -0.487 e. The van der Waals surface area contributed by atoms with Crippen molar-refractivity contribution in [2.24, 2.45) is 5.73 Å². The van der Waals surface area contributed by atoms with E-state index < -0.39 is 17.7 Å². The molecule has 0 aromatic heterocycles. The molecule has 1 saturated heterocycles. The zero-order valence-electron chi connectivity index (χ0n) is 14.6. The molecule has 2 N–H and O–H groups in total. The molecule has 2 aromatic rings. The van der Waals surface area contributed by atoms with E-state index in [0.29, 0.717) is 25.9 Å². The third-order valence-electron chi connectivity index (χ3n) is 4.64. The lowest BCUT2D eigenvalue weighted by molar-refractivity contribution is -0.134. The summed E-state index contributed by atoms with van der Waals surface area (Å²) in [6.45, 7) is 2.96. The lowest BCUT2D eigenvalue weighted by Crippen LogP contribution is -2.45. The van der Waals surface area contributed by atoms with Gasteiger partial charge in [0.15, 0.2) is 11.6 Å². The number of likely N-dealkylation sites (tertiary alicyclic amines) is 1. The number of aryl methyl sites for hydroxylation is 1. The van der Waals surface area contributed by atoms with Crippen molar-refractivity contribution in [3.8, 4) is 5.75 Å². The van der Waals surface area contributed by atoms with Crippen molar-refractivity contribution in [2.75, 3.05) is 13.1 Å². The quantitative estimate of drug-likeness (QED) is 0.910. The first-order valence-corrected chi connectivity index (χ1v) is 8.66. The molecule has 1 heterocycles. The van der Waals surface area contributed by atoms with E-state index in [4.69, 9.17) is 10.5 Å². The molecule has 0 saturated carbocycles. The third kappa shape index (κ3) is 4.19. The van der Waals surface area contributed by atoms with Crippen LogP contribution in [0.15, 0.2) is 42.5 Å². The van der Waals surface area contributed by atoms with Crippen molar-refractivity contribution in [1.29, 1.82) is 0 Å². The number of hydrogen-bond acceptors (Lipinski definition) is 3. The number of halogens is 2. The molecule has 138 valence electrons. The fourth-order valence-corrected chi connectivity index (χ4v) is 3.06. The number of nitrogens with two attached hydrogens (primary N) is 1. The van der Waals surface area contributed by atoms with Gasteiger partial charge in [0.1, 0.15) is 18.0 Å². The summed E-state index contributed by atoms with van der Waals surface area (Å²) in [5.41, 5.74) is 8.00. The van der Waals surface area contributed by atoms with Gasteiger partial charge in [-0.25, -0.2) is 8.78 Å². The Labute approximate surface area is 151 Å². The number of carbonyl (C=O) groups is 1. The minimum absolute atomic E-state index is 0.0348. The van der Waals surface area contributed by atoms with Crippen molar-refractivity contribution in [3.05, 3.63) is 65.2 Å². The number of rotatable bonds is 4. The number of piperidine rings is 1. The highest BCUT2D eigenvalue weighted by molar-refractivity contribution is 5.83. The van der Waals surface area contributed by atoms with E-state index in [0.717, 1.165) is 23.3 Å². The monoisotopic (exact) mass is 360 g/mol. The maximum Gasteiger partial charge on any atom is 0.244 e. The molecule has 26 heavy (non-hydrogen) atoms. The molecular weight excluding hydrogens is 338 g/mol. The Bertz CT molecular complexity index is 772. The van der Waals surface area contributed by atoms with Crippen LogP contribution in [0.3, 0.4) is 0 Å². The van der Waals surface area contributed by atoms with Crippen molar-refractivity contribution in [3.63, 3.8) is 0 Å². The topological polar surface area (TPSA) is 55.6 Å². The number of hydrogen-bond donors (Lipinski definition) is 1. The highest BCUT2D eigenvalue weighted by Gasteiger charge is 2.28. The number of carbonyl (C=O) groups excluding carboxylic acids is 1. The second kappa shape index (κ2) is 7.83. The van der Waals surface area contributed by atoms with Crippen molar-refractivity contribution in [1.82, 2.24) is 4.90 Å². The Morgan fingerprint density at radius 1 is 1.15 bits per heavy atom. The summed E-state index contributed by atoms with van der Waals surface area (Å²) in [5.74, 6) is -1.45. The standard InChI is InChI=1S/C20H22F2N2O2/c1-13-2-4-14(5-3-13)19(23)20(25)24-10-8-16(9-11-24)26-18-7-6-15(21)12-17(18)22/h2-7,12,16,19H,8-11,23H2,1H3. The summed E-state index contributed by atoms with van der Waals surface area (Å²) >= 11 is 0. The Morgan fingerprint density at radius 3 is 2.42 bits per heavy atom. The van der Waals surface area contributed by atoms with Gasteiger partial charge in [-0.2, -0.15) is 0 Å². The molecule has 4 nitrogen and oxygen atoms in total. The Balaban J connectivity index is 1.55. The van der Waals surface area contributed by atoms with Gasteiger partial charge >= 0.3 is 0 Å². The van der Waals surface area contributed by atoms with Crippen LogP contribution >= 0.6 is 0 Å². The average molecular weight is 360 g/mol. The van der Waals surface area contributed by atoms with Gasteiger partial charge in [-0.3, -0.25) is 4.79 Å². The molecule has 0 aliphatic carbocycles. The smallest absolute Gasteiger partial charge is 0.244 e. The molecule has 0 radical (unpaired) electrons. The van der Waals surface area contributed by atoms with Crippen molar-refractivity contribution >= 4 is 5.91 Å². The van der Waals surface area contributed by atoms with E-state index in [1.807, 2.05) is 31.2 Å². The lowest BCUT2D eigenvalue weighted by atomic mass is 10.0. The number of benzene rings is 2. The SMILES string of the molecule is Cc1ccc(C(N)C(=O)N2CCC(Oc3ccc(F)cc3F)CC2)cc1. The van der Waals surface area contributed by atoms with Crippen LogP contribution in [0.2, 0.25) is 0 Å². The van der Waals surface area contributed by atoms with E-state index in [2.05, 4.69) is 0 Å². The molecule has 1 atom stereocenters. The van der Waals surface area contributed by atoms with Gasteiger partial charge in [0.2, 0.25) is 5.91 Å². The predicted molar refractivity (Wildman–Crippen MR) is 94.7 cm³/mol. The van der Waals surface area contributed by atoms with Crippen molar-refractivity contribution in [2.45, 2.75) is 31.9 Å². The summed E-state index contributed by atoms with van der Waals surface area (Å²) in [6.07, 6.45) is 0.932. The second-order valence-corrected chi connectivity index (χ2v) is 6.61. The molecule has 1 fully saturated rings. The van der Waals surface area contributed by atoms with Crippen LogP contribution in [0.4, 0.5) is 8.78 Å². The van der Waals surface area contributed by atoms with Gasteiger partial charge in [-0.1, -0.05) is 29.8 Å². The molecule has 6 heteroatoms. The van der Waals surface area contributed by atoms with E-state index >= 15 is 0 Å². The maximum atomic E-state index is 13.7. The van der Waals surface area contributed by atoms with Crippen LogP contribution < -0.4 is 10.5 Å². The molecule has 1 aliphatic heterocycles. The van der Waals surface area contributed by atoms with E-state index in [1.165, 1.54) is 6.07 Å². The summed E-state index contributed by atoms with van der Waals surface area (Å²) < 4.78 is 32.3. The molecular formula is C20H22F2N2O2. The van der Waals surface area contributed by atoms with E-state index in [9.17, 15) is 13.6 Å². The van der Waals surface area contributed by atoms with E-state index in [-0.39, 0.29) is 17.8 Å². The van der Waals surface area contributed by atoms with Crippen LogP contribution in [0, 0.1) is 18.6 Å². The van der Waals surface area contributed by atoms with Crippen LogP contribution in [0.1, 0.15) is 30.0 Å².